The van der Waals surface area contributed by atoms with Gasteiger partial charge in [-0.15, -0.1) is 0 Å². The van der Waals surface area contributed by atoms with Crippen LogP contribution in [-0.2, 0) is 19.5 Å². The van der Waals surface area contributed by atoms with E-state index in [-0.39, 0.29) is 0 Å². The SMILES string of the molecule is CN1CCn2c(c(CCN)c3cc(Cl)ccc32)C1. The third-order valence-electron chi connectivity index (χ3n) is 3.77. The molecule has 1 aromatic carbocycles. The molecule has 2 heterocycles. The van der Waals surface area contributed by atoms with E-state index < -0.39 is 0 Å². The Hall–Kier alpha value is -1.03. The van der Waals surface area contributed by atoms with E-state index >= 15 is 0 Å². The summed E-state index contributed by atoms with van der Waals surface area (Å²) in [6.07, 6.45) is 0.924. The number of fused-ring (bicyclic) bond motifs is 3. The topological polar surface area (TPSA) is 34.2 Å². The number of hydrogen-bond donors (Lipinski definition) is 1. The van der Waals surface area contributed by atoms with Gasteiger partial charge in [0.15, 0.2) is 0 Å². The highest BCUT2D eigenvalue weighted by molar-refractivity contribution is 6.31. The second kappa shape index (κ2) is 4.57. The van der Waals surface area contributed by atoms with Crippen LogP contribution in [0.4, 0.5) is 0 Å². The Labute approximate surface area is 112 Å². The molecule has 96 valence electrons. The molecule has 1 aliphatic rings. The molecule has 0 unspecified atom stereocenters. The maximum atomic E-state index is 6.13. The van der Waals surface area contributed by atoms with Crippen LogP contribution in [0.3, 0.4) is 0 Å². The lowest BCUT2D eigenvalue weighted by Crippen LogP contribution is -2.30. The molecule has 1 aromatic heterocycles. The summed E-state index contributed by atoms with van der Waals surface area (Å²) in [5, 5.41) is 2.08. The second-order valence-electron chi connectivity index (χ2n) is 5.01. The molecule has 1 aliphatic heterocycles. The first-order valence-corrected chi connectivity index (χ1v) is 6.76. The van der Waals surface area contributed by atoms with Gasteiger partial charge in [0, 0.05) is 41.3 Å². The molecular formula is C14H18ClN3. The predicted octanol–water partition coefficient (Wildman–Crippen LogP) is 2.24. The highest BCUT2D eigenvalue weighted by Crippen LogP contribution is 2.31. The molecule has 0 saturated carbocycles. The van der Waals surface area contributed by atoms with Gasteiger partial charge in [-0.2, -0.15) is 0 Å². The van der Waals surface area contributed by atoms with Crippen LogP contribution >= 0.6 is 11.6 Å². The van der Waals surface area contributed by atoms with Gasteiger partial charge in [-0.3, -0.25) is 4.90 Å². The van der Waals surface area contributed by atoms with Crippen LogP contribution < -0.4 is 5.73 Å². The summed E-state index contributed by atoms with van der Waals surface area (Å²) in [5.41, 5.74) is 9.84. The maximum absolute atomic E-state index is 6.13. The van der Waals surface area contributed by atoms with Crippen molar-refractivity contribution in [3.63, 3.8) is 0 Å². The molecule has 3 rings (SSSR count). The Morgan fingerprint density at radius 1 is 1.33 bits per heavy atom. The molecule has 18 heavy (non-hydrogen) atoms. The number of nitrogens with zero attached hydrogens (tertiary/aromatic N) is 2. The number of halogens is 1. The highest BCUT2D eigenvalue weighted by atomic mass is 35.5. The van der Waals surface area contributed by atoms with Gasteiger partial charge in [-0.25, -0.2) is 0 Å². The first-order valence-electron chi connectivity index (χ1n) is 6.39. The summed E-state index contributed by atoms with van der Waals surface area (Å²) in [6.45, 7) is 3.83. The molecular weight excluding hydrogens is 246 g/mol. The Kier molecular flexibility index (Phi) is 3.06. The van der Waals surface area contributed by atoms with E-state index in [1.54, 1.807) is 0 Å². The molecule has 0 saturated heterocycles. The molecule has 2 aromatic rings. The molecule has 2 N–H and O–H groups in total. The number of nitrogens with two attached hydrogens (primary N) is 1. The van der Waals surface area contributed by atoms with Gasteiger partial charge < -0.3 is 10.3 Å². The van der Waals surface area contributed by atoms with Gasteiger partial charge in [-0.05, 0) is 43.8 Å². The van der Waals surface area contributed by atoms with Crippen molar-refractivity contribution in [1.82, 2.24) is 9.47 Å². The normalized spacial score (nSPS) is 16.2. The van der Waals surface area contributed by atoms with Crippen molar-refractivity contribution < 1.29 is 0 Å². The molecule has 0 atom stereocenters. The minimum absolute atomic E-state index is 0.683. The number of likely N-dealkylation sites (N-methyl/N-ethyl adjacent to an activating group) is 1. The van der Waals surface area contributed by atoms with Crippen molar-refractivity contribution in [3.05, 3.63) is 34.5 Å². The quantitative estimate of drug-likeness (QED) is 0.902. The Bertz CT molecular complexity index is 588. The predicted molar refractivity (Wildman–Crippen MR) is 76.0 cm³/mol. The lowest BCUT2D eigenvalue weighted by atomic mass is 10.1. The van der Waals surface area contributed by atoms with Crippen molar-refractivity contribution in [3.8, 4) is 0 Å². The van der Waals surface area contributed by atoms with E-state index in [1.165, 1.54) is 22.2 Å². The zero-order valence-electron chi connectivity index (χ0n) is 10.6. The van der Waals surface area contributed by atoms with Crippen molar-refractivity contribution in [2.24, 2.45) is 5.73 Å². The van der Waals surface area contributed by atoms with Crippen LogP contribution in [-0.4, -0.2) is 29.6 Å². The van der Waals surface area contributed by atoms with Crippen molar-refractivity contribution in [2.75, 3.05) is 20.1 Å². The largest absolute Gasteiger partial charge is 0.342 e. The summed E-state index contributed by atoms with van der Waals surface area (Å²) in [6, 6.07) is 6.18. The van der Waals surface area contributed by atoms with E-state index in [2.05, 4.69) is 28.6 Å². The lowest BCUT2D eigenvalue weighted by molar-refractivity contribution is 0.271. The van der Waals surface area contributed by atoms with E-state index in [4.69, 9.17) is 17.3 Å². The number of aromatic nitrogens is 1. The maximum Gasteiger partial charge on any atom is 0.0487 e. The summed E-state index contributed by atoms with van der Waals surface area (Å²) in [7, 11) is 2.17. The zero-order valence-corrected chi connectivity index (χ0v) is 11.4. The molecule has 0 bridgehead atoms. The fourth-order valence-electron chi connectivity index (χ4n) is 2.91. The number of hydrogen-bond acceptors (Lipinski definition) is 2. The standard InChI is InChI=1S/C14H18ClN3/c1-17-6-7-18-13-3-2-10(15)8-12(13)11(4-5-16)14(18)9-17/h2-3,8H,4-7,9,16H2,1H3. The summed E-state index contributed by atoms with van der Waals surface area (Å²) in [4.78, 5) is 2.36. The Morgan fingerprint density at radius 2 is 2.17 bits per heavy atom. The zero-order chi connectivity index (χ0) is 12.7. The van der Waals surface area contributed by atoms with Gasteiger partial charge in [-0.1, -0.05) is 11.6 Å². The van der Waals surface area contributed by atoms with Crippen LogP contribution in [0.1, 0.15) is 11.3 Å². The Morgan fingerprint density at radius 3 is 2.94 bits per heavy atom. The van der Waals surface area contributed by atoms with Crippen LogP contribution in [0.5, 0.6) is 0 Å². The average molecular weight is 264 g/mol. The molecule has 0 fully saturated rings. The summed E-state index contributed by atoms with van der Waals surface area (Å²) >= 11 is 6.13. The van der Waals surface area contributed by atoms with E-state index in [0.29, 0.717) is 6.54 Å². The van der Waals surface area contributed by atoms with Crippen molar-refractivity contribution in [1.29, 1.82) is 0 Å². The fraction of sp³-hybridized carbons (Fsp3) is 0.429. The van der Waals surface area contributed by atoms with Gasteiger partial charge in [0.05, 0.1) is 0 Å². The van der Waals surface area contributed by atoms with Crippen LogP contribution in [0.25, 0.3) is 10.9 Å². The fourth-order valence-corrected chi connectivity index (χ4v) is 3.09. The molecule has 0 spiro atoms. The van der Waals surface area contributed by atoms with E-state index in [9.17, 15) is 0 Å². The minimum atomic E-state index is 0.683. The number of rotatable bonds is 2. The van der Waals surface area contributed by atoms with Crippen LogP contribution in [0.2, 0.25) is 5.02 Å². The van der Waals surface area contributed by atoms with Crippen molar-refractivity contribution in [2.45, 2.75) is 19.5 Å². The average Bonchev–Trinajstić information content (AvgIpc) is 2.63. The van der Waals surface area contributed by atoms with Gasteiger partial charge in [0.1, 0.15) is 0 Å². The third kappa shape index (κ3) is 1.83. The molecule has 4 heteroatoms. The molecule has 0 aliphatic carbocycles. The highest BCUT2D eigenvalue weighted by Gasteiger charge is 2.21. The molecule has 0 amide bonds. The smallest absolute Gasteiger partial charge is 0.0487 e. The van der Waals surface area contributed by atoms with Crippen LogP contribution in [0, 0.1) is 0 Å². The van der Waals surface area contributed by atoms with Gasteiger partial charge >= 0.3 is 0 Å². The van der Waals surface area contributed by atoms with Crippen LogP contribution in [0.15, 0.2) is 18.2 Å². The Balaban J connectivity index is 2.26. The monoisotopic (exact) mass is 263 g/mol. The summed E-state index contributed by atoms with van der Waals surface area (Å²) < 4.78 is 2.43. The van der Waals surface area contributed by atoms with E-state index in [1.807, 2.05) is 6.07 Å². The summed E-state index contributed by atoms with van der Waals surface area (Å²) in [5.74, 6) is 0. The molecule has 0 radical (unpaired) electrons. The van der Waals surface area contributed by atoms with Crippen molar-refractivity contribution >= 4 is 22.5 Å². The van der Waals surface area contributed by atoms with E-state index in [0.717, 1.165) is 31.1 Å². The minimum Gasteiger partial charge on any atom is -0.342 e. The first-order chi connectivity index (χ1) is 8.70. The lowest BCUT2D eigenvalue weighted by Gasteiger charge is -2.26. The van der Waals surface area contributed by atoms with Gasteiger partial charge in [0.2, 0.25) is 0 Å². The molecule has 3 nitrogen and oxygen atoms in total. The first kappa shape index (κ1) is 12.0. The number of benzene rings is 1. The van der Waals surface area contributed by atoms with Gasteiger partial charge in [0.25, 0.3) is 0 Å². The second-order valence-corrected chi connectivity index (χ2v) is 5.45. The third-order valence-corrected chi connectivity index (χ3v) is 4.00.